The van der Waals surface area contributed by atoms with Gasteiger partial charge < -0.3 is 25.4 Å². The van der Waals surface area contributed by atoms with Crippen LogP contribution in [0, 0.1) is 17.5 Å². The molecule has 198 valence electrons. The fraction of sp³-hybridized carbons (Fsp3) is 0.500. The van der Waals surface area contributed by atoms with E-state index in [1.54, 1.807) is 19.0 Å². The third-order valence-electron chi connectivity index (χ3n) is 5.67. The Kier molecular flexibility index (Phi) is 8.29. The molecular weight excluding hydrogens is 494 g/mol. The SMILES string of the molecule is CN(C)CCC(=O)Nc1nc(C(F)(F)F)n2c1CN(C(=O)C[C@H](N)Cc1cc(F)c(F)cc1F)CC2. The van der Waals surface area contributed by atoms with E-state index in [1.165, 1.54) is 4.90 Å². The number of amides is 2. The summed E-state index contributed by atoms with van der Waals surface area (Å²) in [5, 5.41) is 2.40. The molecule has 0 spiro atoms. The van der Waals surface area contributed by atoms with Gasteiger partial charge in [0, 0.05) is 44.6 Å². The smallest absolute Gasteiger partial charge is 0.335 e. The summed E-state index contributed by atoms with van der Waals surface area (Å²) < 4.78 is 81.9. The van der Waals surface area contributed by atoms with Gasteiger partial charge in [-0.1, -0.05) is 0 Å². The molecule has 3 N–H and O–H groups in total. The Morgan fingerprint density at radius 1 is 1.14 bits per heavy atom. The number of hydrogen-bond acceptors (Lipinski definition) is 5. The molecule has 0 bridgehead atoms. The van der Waals surface area contributed by atoms with Crippen LogP contribution in [0.1, 0.15) is 29.9 Å². The number of nitrogens with zero attached hydrogens (tertiary/aromatic N) is 4. The maximum absolute atomic E-state index is 13.9. The number of aromatic nitrogens is 2. The van der Waals surface area contributed by atoms with Crippen LogP contribution in [0.15, 0.2) is 12.1 Å². The normalized spacial score (nSPS) is 14.7. The first-order chi connectivity index (χ1) is 16.8. The van der Waals surface area contributed by atoms with E-state index in [4.69, 9.17) is 5.73 Å². The molecule has 8 nitrogen and oxygen atoms in total. The molecule has 1 aliphatic rings. The van der Waals surface area contributed by atoms with Crippen LogP contribution in [0.5, 0.6) is 0 Å². The summed E-state index contributed by atoms with van der Waals surface area (Å²) in [6, 6.07) is 0.0929. The average Bonchev–Trinajstić information content (AvgIpc) is 3.14. The monoisotopic (exact) mass is 520 g/mol. The summed E-state index contributed by atoms with van der Waals surface area (Å²) >= 11 is 0. The van der Waals surface area contributed by atoms with Gasteiger partial charge in [-0.2, -0.15) is 13.2 Å². The Morgan fingerprint density at radius 3 is 2.44 bits per heavy atom. The molecule has 2 amide bonds. The lowest BCUT2D eigenvalue weighted by Crippen LogP contribution is -2.42. The van der Waals surface area contributed by atoms with Crippen LogP contribution in [0.25, 0.3) is 0 Å². The minimum atomic E-state index is -4.77. The van der Waals surface area contributed by atoms with Crippen molar-refractivity contribution in [3.8, 4) is 0 Å². The van der Waals surface area contributed by atoms with E-state index in [0.717, 1.165) is 4.57 Å². The molecular formula is C22H26F6N6O2. The largest absolute Gasteiger partial charge is 0.449 e. The maximum Gasteiger partial charge on any atom is 0.449 e. The summed E-state index contributed by atoms with van der Waals surface area (Å²) in [4.78, 5) is 31.6. The Hall–Kier alpha value is -3.13. The van der Waals surface area contributed by atoms with E-state index in [1.807, 2.05) is 0 Å². The van der Waals surface area contributed by atoms with Crippen LogP contribution in [-0.2, 0) is 35.3 Å². The van der Waals surface area contributed by atoms with E-state index < -0.39 is 47.3 Å². The Balaban J connectivity index is 1.73. The first-order valence-electron chi connectivity index (χ1n) is 11.0. The third kappa shape index (κ3) is 6.55. The molecule has 14 heteroatoms. The molecule has 2 heterocycles. The van der Waals surface area contributed by atoms with Gasteiger partial charge in [0.1, 0.15) is 5.82 Å². The van der Waals surface area contributed by atoms with E-state index in [-0.39, 0.29) is 56.0 Å². The Bertz CT molecular complexity index is 1130. The fourth-order valence-corrected chi connectivity index (χ4v) is 3.85. The Labute approximate surface area is 203 Å². The van der Waals surface area contributed by atoms with E-state index in [9.17, 15) is 35.9 Å². The number of carbonyl (C=O) groups excluding carboxylic acids is 2. The molecule has 1 aliphatic heterocycles. The highest BCUT2D eigenvalue weighted by atomic mass is 19.4. The van der Waals surface area contributed by atoms with Crippen molar-refractivity contribution in [2.24, 2.45) is 5.73 Å². The van der Waals surface area contributed by atoms with Crippen LogP contribution in [0.4, 0.5) is 32.2 Å². The second-order valence-electron chi connectivity index (χ2n) is 8.82. The number of halogens is 6. The summed E-state index contributed by atoms with van der Waals surface area (Å²) in [5.74, 6) is -6.14. The number of nitrogens with one attached hydrogen (secondary N) is 1. The minimum Gasteiger partial charge on any atom is -0.335 e. The van der Waals surface area contributed by atoms with Gasteiger partial charge in [-0.05, 0) is 32.1 Å². The number of nitrogens with two attached hydrogens (primary N) is 1. The number of imidazole rings is 1. The van der Waals surface area contributed by atoms with Gasteiger partial charge >= 0.3 is 6.18 Å². The molecule has 2 aromatic rings. The molecule has 0 fully saturated rings. The summed E-state index contributed by atoms with van der Waals surface area (Å²) in [6.07, 6.45) is -5.32. The highest BCUT2D eigenvalue weighted by molar-refractivity contribution is 5.90. The van der Waals surface area contributed by atoms with Crippen LogP contribution in [0.2, 0.25) is 0 Å². The fourth-order valence-electron chi connectivity index (χ4n) is 3.85. The predicted octanol–water partition coefficient (Wildman–Crippen LogP) is 2.51. The molecule has 0 saturated carbocycles. The lowest BCUT2D eigenvalue weighted by Gasteiger charge is -2.30. The van der Waals surface area contributed by atoms with Crippen LogP contribution in [0.3, 0.4) is 0 Å². The molecule has 1 atom stereocenters. The molecule has 3 rings (SSSR count). The van der Waals surface area contributed by atoms with Crippen molar-refractivity contribution in [2.75, 3.05) is 32.5 Å². The van der Waals surface area contributed by atoms with Gasteiger partial charge in [0.05, 0.1) is 12.2 Å². The lowest BCUT2D eigenvalue weighted by molar-refractivity contribution is -0.148. The second kappa shape index (κ2) is 10.9. The zero-order valence-corrected chi connectivity index (χ0v) is 19.6. The molecule has 36 heavy (non-hydrogen) atoms. The Morgan fingerprint density at radius 2 is 1.81 bits per heavy atom. The van der Waals surface area contributed by atoms with Gasteiger partial charge in [-0.25, -0.2) is 18.2 Å². The average molecular weight is 520 g/mol. The van der Waals surface area contributed by atoms with Crippen molar-refractivity contribution in [3.63, 3.8) is 0 Å². The number of fused-ring (bicyclic) bond motifs is 1. The lowest BCUT2D eigenvalue weighted by atomic mass is 10.0. The second-order valence-corrected chi connectivity index (χ2v) is 8.82. The molecule has 0 saturated heterocycles. The van der Waals surface area contributed by atoms with Crippen molar-refractivity contribution in [1.82, 2.24) is 19.4 Å². The number of benzene rings is 1. The number of carbonyl (C=O) groups is 2. The zero-order chi connectivity index (χ0) is 26.8. The van der Waals surface area contributed by atoms with Gasteiger partial charge in [-0.15, -0.1) is 0 Å². The van der Waals surface area contributed by atoms with Crippen LogP contribution >= 0.6 is 0 Å². The number of rotatable bonds is 8. The summed E-state index contributed by atoms with van der Waals surface area (Å²) in [5.41, 5.74) is 5.73. The number of alkyl halides is 3. The van der Waals surface area contributed by atoms with Crippen molar-refractivity contribution < 1.29 is 35.9 Å². The first kappa shape index (κ1) is 27.5. The third-order valence-corrected chi connectivity index (χ3v) is 5.67. The van der Waals surface area contributed by atoms with E-state index in [2.05, 4.69) is 10.3 Å². The topological polar surface area (TPSA) is 96.5 Å². The molecule has 0 aliphatic carbocycles. The molecule has 1 aromatic heterocycles. The minimum absolute atomic E-state index is 0.0142. The summed E-state index contributed by atoms with van der Waals surface area (Å²) in [6.45, 7) is -0.193. The number of hydrogen-bond donors (Lipinski definition) is 2. The van der Waals surface area contributed by atoms with Crippen LogP contribution < -0.4 is 11.1 Å². The summed E-state index contributed by atoms with van der Waals surface area (Å²) in [7, 11) is 3.48. The maximum atomic E-state index is 13.9. The molecule has 0 radical (unpaired) electrons. The van der Waals surface area contributed by atoms with Crippen molar-refractivity contribution in [3.05, 3.63) is 46.7 Å². The standard InChI is InChI=1S/C22H26F6N6O2/c1-32(2)4-3-18(35)30-20-17-11-33(5-6-34(17)21(31-20)22(26,27)28)19(36)9-13(29)7-12-8-15(24)16(25)10-14(12)23/h8,10,13H,3-7,9,11,29H2,1-2H3,(H,30,35)/t13-/m1/s1. The van der Waals surface area contributed by atoms with E-state index >= 15 is 0 Å². The highest BCUT2D eigenvalue weighted by Gasteiger charge is 2.41. The van der Waals surface area contributed by atoms with E-state index in [0.29, 0.717) is 18.7 Å². The zero-order valence-electron chi connectivity index (χ0n) is 19.6. The van der Waals surface area contributed by atoms with Crippen LogP contribution in [-0.4, -0.2) is 64.4 Å². The van der Waals surface area contributed by atoms with Crippen molar-refractivity contribution in [2.45, 2.75) is 44.6 Å². The number of anilines is 1. The van der Waals surface area contributed by atoms with Crippen molar-refractivity contribution in [1.29, 1.82) is 0 Å². The van der Waals surface area contributed by atoms with Crippen molar-refractivity contribution >= 4 is 17.6 Å². The first-order valence-corrected chi connectivity index (χ1v) is 11.0. The quantitative estimate of drug-likeness (QED) is 0.412. The van der Waals surface area contributed by atoms with Gasteiger partial charge in [0.25, 0.3) is 0 Å². The molecule has 0 unspecified atom stereocenters. The molecule has 1 aromatic carbocycles. The highest BCUT2D eigenvalue weighted by Crippen LogP contribution is 2.34. The van der Waals surface area contributed by atoms with Gasteiger partial charge in [0.2, 0.25) is 17.6 Å². The van der Waals surface area contributed by atoms with Gasteiger partial charge in [-0.3, -0.25) is 9.59 Å². The van der Waals surface area contributed by atoms with Gasteiger partial charge in [0.15, 0.2) is 17.5 Å². The predicted molar refractivity (Wildman–Crippen MR) is 117 cm³/mol.